The van der Waals surface area contributed by atoms with E-state index in [2.05, 4.69) is 4.72 Å². The van der Waals surface area contributed by atoms with Gasteiger partial charge in [0.1, 0.15) is 0 Å². The molecule has 118 valence electrons. The minimum atomic E-state index is -3.96. The molecule has 0 amide bonds. The van der Waals surface area contributed by atoms with E-state index in [-0.39, 0.29) is 12.0 Å². The Morgan fingerprint density at radius 2 is 1.81 bits per heavy atom. The number of nitrogens with zero attached hydrogens (tertiary/aromatic N) is 3. The molecular weight excluding hydrogens is 296 g/mol. The molecule has 2 rings (SSSR count). The van der Waals surface area contributed by atoms with Crippen LogP contribution in [0.15, 0.2) is 20.7 Å². The molecule has 0 aromatic carbocycles. The number of aryl methyl sites for hydroxylation is 1. The van der Waals surface area contributed by atoms with Crippen LogP contribution in [-0.2, 0) is 24.1 Å². The van der Waals surface area contributed by atoms with Crippen LogP contribution in [-0.4, -0.2) is 48.6 Å². The highest BCUT2D eigenvalue weighted by Crippen LogP contribution is 2.16. The van der Waals surface area contributed by atoms with Crippen LogP contribution in [0.25, 0.3) is 0 Å². The largest absolute Gasteiger partial charge is 0.330 e. The fraction of sp³-hybridized carbons (Fsp3) is 0.667. The van der Waals surface area contributed by atoms with Crippen LogP contribution < -0.4 is 16.0 Å². The third-order valence-electron chi connectivity index (χ3n) is 3.81. The predicted octanol–water partition coefficient (Wildman–Crippen LogP) is -1.69. The Morgan fingerprint density at radius 1 is 1.19 bits per heavy atom. The number of sulfonamides is 1. The molecule has 9 heteroatoms. The van der Waals surface area contributed by atoms with Gasteiger partial charge >= 0.3 is 5.69 Å². The van der Waals surface area contributed by atoms with E-state index in [4.69, 9.17) is 0 Å². The Morgan fingerprint density at radius 3 is 2.33 bits per heavy atom. The lowest BCUT2D eigenvalue weighted by molar-refractivity contribution is 0.400. The summed E-state index contributed by atoms with van der Waals surface area (Å²) in [5, 5.41) is 0. The number of likely N-dealkylation sites (tertiary alicyclic amines) is 1. The third-order valence-corrected chi connectivity index (χ3v) is 5.28. The molecule has 1 fully saturated rings. The lowest BCUT2D eigenvalue weighted by Crippen LogP contribution is -2.45. The molecule has 0 saturated carbocycles. The lowest BCUT2D eigenvalue weighted by atomic mass is 10.1. The summed E-state index contributed by atoms with van der Waals surface area (Å²) in [6, 6.07) is -0.248. The zero-order chi connectivity index (χ0) is 15.9. The van der Waals surface area contributed by atoms with E-state index in [1.165, 1.54) is 14.1 Å². The van der Waals surface area contributed by atoms with Crippen molar-refractivity contribution in [2.45, 2.75) is 17.9 Å². The molecule has 0 aliphatic carbocycles. The van der Waals surface area contributed by atoms with Crippen LogP contribution in [0.2, 0.25) is 0 Å². The molecule has 1 N–H and O–H groups in total. The summed E-state index contributed by atoms with van der Waals surface area (Å²) in [5.41, 5.74) is -1.38. The van der Waals surface area contributed by atoms with Crippen molar-refractivity contribution >= 4 is 10.0 Å². The summed E-state index contributed by atoms with van der Waals surface area (Å²) in [6.45, 7) is 3.33. The van der Waals surface area contributed by atoms with Crippen molar-refractivity contribution in [3.05, 3.63) is 27.0 Å². The number of likely N-dealkylation sites (N-methyl/N-ethyl adjacent to an activating group) is 1. The summed E-state index contributed by atoms with van der Waals surface area (Å²) in [4.78, 5) is 25.3. The first-order valence-electron chi connectivity index (χ1n) is 6.61. The number of hydrogen-bond donors (Lipinski definition) is 1. The number of aromatic nitrogens is 2. The summed E-state index contributed by atoms with van der Waals surface area (Å²) >= 11 is 0. The summed E-state index contributed by atoms with van der Waals surface area (Å²) in [5.74, 6) is 0.154. The van der Waals surface area contributed by atoms with Crippen molar-refractivity contribution in [2.75, 3.05) is 20.1 Å². The zero-order valence-electron chi connectivity index (χ0n) is 12.5. The fourth-order valence-corrected chi connectivity index (χ4v) is 4.08. The molecule has 8 nitrogen and oxygen atoms in total. The molecule has 1 aromatic rings. The van der Waals surface area contributed by atoms with Gasteiger partial charge in [-0.1, -0.05) is 6.92 Å². The Balaban J connectivity index is 2.42. The van der Waals surface area contributed by atoms with Crippen LogP contribution in [0.4, 0.5) is 0 Å². The molecule has 21 heavy (non-hydrogen) atoms. The van der Waals surface area contributed by atoms with Crippen LogP contribution in [0, 0.1) is 5.92 Å². The quantitative estimate of drug-likeness (QED) is 0.718. The van der Waals surface area contributed by atoms with E-state index < -0.39 is 26.2 Å². The molecule has 2 unspecified atom stereocenters. The van der Waals surface area contributed by atoms with Gasteiger partial charge in [0.25, 0.3) is 5.56 Å². The van der Waals surface area contributed by atoms with Crippen LogP contribution in [0.3, 0.4) is 0 Å². The average Bonchev–Trinajstić information content (AvgIpc) is 2.68. The Bertz CT molecular complexity index is 764. The molecule has 2 heterocycles. The minimum absolute atomic E-state index is 0.154. The second-order valence-electron chi connectivity index (χ2n) is 5.68. The van der Waals surface area contributed by atoms with Gasteiger partial charge in [0.2, 0.25) is 10.0 Å². The highest BCUT2D eigenvalue weighted by atomic mass is 32.2. The van der Waals surface area contributed by atoms with E-state index in [0.29, 0.717) is 6.54 Å². The van der Waals surface area contributed by atoms with Crippen molar-refractivity contribution in [3.63, 3.8) is 0 Å². The normalized spacial score (nSPS) is 23.6. The highest BCUT2D eigenvalue weighted by Gasteiger charge is 2.32. The van der Waals surface area contributed by atoms with E-state index in [0.717, 1.165) is 21.9 Å². The van der Waals surface area contributed by atoms with Gasteiger partial charge < -0.3 is 9.47 Å². The summed E-state index contributed by atoms with van der Waals surface area (Å²) in [7, 11) is 0.620. The first kappa shape index (κ1) is 15.9. The second kappa shape index (κ2) is 5.39. The van der Waals surface area contributed by atoms with Gasteiger partial charge in [-0.2, -0.15) is 0 Å². The van der Waals surface area contributed by atoms with Crippen LogP contribution in [0.5, 0.6) is 0 Å². The number of nitrogens with one attached hydrogen (secondary N) is 1. The Labute approximate surface area is 123 Å². The monoisotopic (exact) mass is 316 g/mol. The molecule has 2 atom stereocenters. The maximum atomic E-state index is 12.4. The molecule has 0 bridgehead atoms. The van der Waals surface area contributed by atoms with Gasteiger partial charge in [0.05, 0.1) is 0 Å². The van der Waals surface area contributed by atoms with Gasteiger partial charge in [-0.25, -0.2) is 17.9 Å². The third kappa shape index (κ3) is 2.94. The number of rotatable bonds is 3. The van der Waals surface area contributed by atoms with Crippen molar-refractivity contribution < 1.29 is 8.42 Å². The molecule has 1 aromatic heterocycles. The fourth-order valence-electron chi connectivity index (χ4n) is 2.58. The van der Waals surface area contributed by atoms with Gasteiger partial charge in [-0.05, 0) is 13.0 Å². The maximum absolute atomic E-state index is 12.4. The average molecular weight is 316 g/mol. The molecular formula is C12H20N4O4S. The minimum Gasteiger partial charge on any atom is -0.304 e. The topological polar surface area (TPSA) is 93.4 Å². The van der Waals surface area contributed by atoms with Crippen molar-refractivity contribution in [1.29, 1.82) is 0 Å². The van der Waals surface area contributed by atoms with Crippen LogP contribution >= 0.6 is 0 Å². The predicted molar refractivity (Wildman–Crippen MR) is 77.7 cm³/mol. The van der Waals surface area contributed by atoms with Gasteiger partial charge in [0, 0.05) is 39.4 Å². The van der Waals surface area contributed by atoms with Gasteiger partial charge in [-0.15, -0.1) is 0 Å². The van der Waals surface area contributed by atoms with Crippen molar-refractivity contribution in [1.82, 2.24) is 18.8 Å². The van der Waals surface area contributed by atoms with E-state index in [1.807, 2.05) is 18.9 Å². The number of hydrogen-bond acceptors (Lipinski definition) is 5. The smallest absolute Gasteiger partial charge is 0.304 e. The molecule has 1 aliphatic heterocycles. The van der Waals surface area contributed by atoms with Crippen molar-refractivity contribution in [2.24, 2.45) is 20.0 Å². The second-order valence-corrected chi connectivity index (χ2v) is 7.36. The molecule has 0 radical (unpaired) electrons. The van der Waals surface area contributed by atoms with Gasteiger partial charge in [-0.3, -0.25) is 9.36 Å². The van der Waals surface area contributed by atoms with Crippen molar-refractivity contribution in [3.8, 4) is 0 Å². The molecule has 1 aliphatic rings. The van der Waals surface area contributed by atoms with Gasteiger partial charge in [0.15, 0.2) is 4.90 Å². The highest BCUT2D eigenvalue weighted by molar-refractivity contribution is 7.89. The Hall–Kier alpha value is -1.45. The molecule has 1 saturated heterocycles. The zero-order valence-corrected chi connectivity index (χ0v) is 13.3. The van der Waals surface area contributed by atoms with E-state index in [9.17, 15) is 18.0 Å². The summed E-state index contributed by atoms with van der Waals surface area (Å²) in [6.07, 6.45) is 1.07. The SMILES string of the molecule is CC1CN(C)CC1NS(=O)(=O)c1cn(C)c(=O)n(C)c1=O. The first-order valence-corrected chi connectivity index (χ1v) is 8.09. The van der Waals surface area contributed by atoms with E-state index in [1.54, 1.807) is 0 Å². The van der Waals surface area contributed by atoms with Crippen LogP contribution in [0.1, 0.15) is 6.92 Å². The lowest BCUT2D eigenvalue weighted by Gasteiger charge is -2.16. The molecule has 0 spiro atoms. The first-order chi connectivity index (χ1) is 9.63. The Kier molecular flexibility index (Phi) is 4.09. The maximum Gasteiger partial charge on any atom is 0.330 e. The standard InChI is InChI=1S/C12H20N4O4S/c1-8-5-14(2)6-9(8)13-21(19,20)10-7-15(3)12(18)16(4)11(10)17/h7-9,13H,5-6H2,1-4H3. The van der Waals surface area contributed by atoms with E-state index >= 15 is 0 Å². The summed E-state index contributed by atoms with van der Waals surface area (Å²) < 4.78 is 29.3.